The average molecular weight is 396 g/mol. The minimum atomic E-state index is -0.538. The lowest BCUT2D eigenvalue weighted by atomic mass is 9.86. The van der Waals surface area contributed by atoms with E-state index in [1.807, 2.05) is 60.9 Å². The normalized spacial score (nSPS) is 11.3. The molecule has 1 heterocycles. The molecule has 4 N–H and O–H groups in total. The molecule has 0 spiro atoms. The van der Waals surface area contributed by atoms with Crippen molar-refractivity contribution in [1.29, 1.82) is 5.26 Å². The summed E-state index contributed by atoms with van der Waals surface area (Å²) in [7, 11) is 0. The number of nitriles is 1. The number of imidazole rings is 1. The Hall–Kier alpha value is -2.78. The van der Waals surface area contributed by atoms with Gasteiger partial charge < -0.3 is 11.5 Å². The summed E-state index contributed by atoms with van der Waals surface area (Å²) in [5.41, 5.74) is 15.7. The van der Waals surface area contributed by atoms with E-state index in [0.717, 1.165) is 27.0 Å². The van der Waals surface area contributed by atoms with Gasteiger partial charge in [0, 0.05) is 21.4 Å². The number of anilines is 2. The molecular formula is C19H18BrN5. The number of nitrogens with zero attached hydrogens (tertiary/aromatic N) is 3. The van der Waals surface area contributed by atoms with Gasteiger partial charge in [0.1, 0.15) is 12.1 Å². The van der Waals surface area contributed by atoms with Crippen LogP contribution in [-0.2, 0) is 5.41 Å². The highest BCUT2D eigenvalue weighted by atomic mass is 79.9. The lowest BCUT2D eigenvalue weighted by molar-refractivity contribution is 0.686. The maximum Gasteiger partial charge on any atom is 0.150 e. The predicted octanol–water partition coefficient (Wildman–Crippen LogP) is 4.27. The van der Waals surface area contributed by atoms with Crippen LogP contribution in [0.15, 0.2) is 53.3 Å². The van der Waals surface area contributed by atoms with Crippen molar-refractivity contribution in [2.24, 2.45) is 0 Å². The first-order valence-electron chi connectivity index (χ1n) is 7.74. The highest BCUT2D eigenvalue weighted by Gasteiger charge is 2.20. The maximum absolute atomic E-state index is 9.29. The molecule has 0 aliphatic carbocycles. The van der Waals surface area contributed by atoms with Crippen molar-refractivity contribution in [3.05, 3.63) is 58.8 Å². The number of nitrogen functional groups attached to an aromatic ring is 2. The van der Waals surface area contributed by atoms with Crippen LogP contribution in [0.5, 0.6) is 0 Å². The van der Waals surface area contributed by atoms with Crippen LogP contribution in [0.1, 0.15) is 19.4 Å². The predicted molar refractivity (Wildman–Crippen MR) is 104 cm³/mol. The maximum atomic E-state index is 9.29. The molecule has 0 radical (unpaired) electrons. The van der Waals surface area contributed by atoms with Gasteiger partial charge in [-0.3, -0.25) is 4.57 Å². The Bertz CT molecular complexity index is 964. The molecule has 0 atom stereocenters. The highest BCUT2D eigenvalue weighted by molar-refractivity contribution is 9.10. The summed E-state index contributed by atoms with van der Waals surface area (Å²) in [6.07, 6.45) is 1.68. The quantitative estimate of drug-likeness (QED) is 0.647. The molecule has 25 heavy (non-hydrogen) atoms. The van der Waals surface area contributed by atoms with E-state index in [-0.39, 0.29) is 0 Å². The van der Waals surface area contributed by atoms with Crippen LogP contribution < -0.4 is 11.5 Å². The number of nitrogens with two attached hydrogens (primary N) is 2. The molecule has 0 aliphatic rings. The van der Waals surface area contributed by atoms with Gasteiger partial charge in [-0.05, 0) is 49.7 Å². The summed E-state index contributed by atoms with van der Waals surface area (Å²) in [4.78, 5) is 4.25. The second-order valence-corrected chi connectivity index (χ2v) is 7.28. The third kappa shape index (κ3) is 3.11. The van der Waals surface area contributed by atoms with Crippen LogP contribution in [-0.4, -0.2) is 9.55 Å². The minimum absolute atomic E-state index is 0.409. The highest BCUT2D eigenvalue weighted by Crippen LogP contribution is 2.34. The Balaban J connectivity index is 2.12. The Labute approximate surface area is 155 Å². The summed E-state index contributed by atoms with van der Waals surface area (Å²) < 4.78 is 2.81. The van der Waals surface area contributed by atoms with E-state index >= 15 is 0 Å². The number of aromatic nitrogens is 2. The number of benzene rings is 2. The zero-order valence-electron chi connectivity index (χ0n) is 14.0. The topological polar surface area (TPSA) is 93.6 Å². The van der Waals surface area contributed by atoms with Gasteiger partial charge in [-0.2, -0.15) is 5.26 Å². The van der Waals surface area contributed by atoms with E-state index in [4.69, 9.17) is 11.5 Å². The van der Waals surface area contributed by atoms with E-state index in [2.05, 4.69) is 27.0 Å². The molecule has 1 aromatic heterocycles. The van der Waals surface area contributed by atoms with Gasteiger partial charge in [0.25, 0.3) is 0 Å². The van der Waals surface area contributed by atoms with E-state index in [1.165, 1.54) is 0 Å². The summed E-state index contributed by atoms with van der Waals surface area (Å²) in [6, 6.07) is 15.7. The van der Waals surface area contributed by atoms with Crippen LogP contribution in [0.3, 0.4) is 0 Å². The summed E-state index contributed by atoms with van der Waals surface area (Å²) in [5, 5.41) is 9.29. The fourth-order valence-corrected chi connectivity index (χ4v) is 3.02. The number of rotatable bonds is 3. The number of hydrogen-bond donors (Lipinski definition) is 2. The Morgan fingerprint density at radius 1 is 1.12 bits per heavy atom. The third-order valence-electron chi connectivity index (χ3n) is 4.21. The molecule has 0 unspecified atom stereocenters. The van der Waals surface area contributed by atoms with Crippen molar-refractivity contribution in [2.75, 3.05) is 11.5 Å². The molecular weight excluding hydrogens is 378 g/mol. The van der Waals surface area contributed by atoms with Gasteiger partial charge in [0.15, 0.2) is 0 Å². The first-order chi connectivity index (χ1) is 11.8. The molecule has 0 amide bonds. The SMILES string of the molecule is CC(C)(C#N)c1ccc(-n2cnc(N)c2-c2cc(Br)ccc2N)cc1. The van der Waals surface area contributed by atoms with Crippen LogP contribution in [0, 0.1) is 11.3 Å². The van der Waals surface area contributed by atoms with Crippen molar-refractivity contribution < 1.29 is 0 Å². The molecule has 3 rings (SSSR count). The van der Waals surface area contributed by atoms with E-state index in [0.29, 0.717) is 11.5 Å². The molecule has 0 aliphatic heterocycles. The number of halogens is 1. The molecule has 126 valence electrons. The van der Waals surface area contributed by atoms with E-state index in [1.54, 1.807) is 6.33 Å². The molecule has 5 nitrogen and oxygen atoms in total. The van der Waals surface area contributed by atoms with Gasteiger partial charge in [-0.1, -0.05) is 28.1 Å². The van der Waals surface area contributed by atoms with Crippen LogP contribution in [0.4, 0.5) is 11.5 Å². The summed E-state index contributed by atoms with van der Waals surface area (Å²) in [6.45, 7) is 3.79. The van der Waals surface area contributed by atoms with Crippen molar-refractivity contribution in [3.63, 3.8) is 0 Å². The molecule has 0 fully saturated rings. The average Bonchev–Trinajstić information content (AvgIpc) is 2.98. The standard InChI is InChI=1S/C19H18BrN5/c1-19(2,10-21)12-3-6-14(7-4-12)25-11-24-18(23)17(25)15-9-13(20)5-8-16(15)22/h3-9,11H,22-23H2,1-2H3. The Morgan fingerprint density at radius 2 is 1.80 bits per heavy atom. The fraction of sp³-hybridized carbons (Fsp3) is 0.158. The monoisotopic (exact) mass is 395 g/mol. The Kier molecular flexibility index (Phi) is 4.27. The molecule has 3 aromatic rings. The second kappa shape index (κ2) is 6.26. The van der Waals surface area contributed by atoms with Crippen LogP contribution in [0.25, 0.3) is 16.9 Å². The van der Waals surface area contributed by atoms with Crippen molar-refractivity contribution >= 4 is 27.4 Å². The van der Waals surface area contributed by atoms with Gasteiger partial charge in [-0.25, -0.2) is 4.98 Å². The van der Waals surface area contributed by atoms with Crippen molar-refractivity contribution in [3.8, 4) is 23.0 Å². The Morgan fingerprint density at radius 3 is 2.44 bits per heavy atom. The smallest absolute Gasteiger partial charge is 0.150 e. The summed E-state index contributed by atoms with van der Waals surface area (Å²) >= 11 is 3.47. The van der Waals surface area contributed by atoms with Gasteiger partial charge in [0.05, 0.1) is 17.2 Å². The number of hydrogen-bond acceptors (Lipinski definition) is 4. The lowest BCUT2D eigenvalue weighted by Gasteiger charge is -2.17. The van der Waals surface area contributed by atoms with Crippen LogP contribution >= 0.6 is 15.9 Å². The minimum Gasteiger partial charge on any atom is -0.398 e. The molecule has 0 saturated carbocycles. The van der Waals surface area contributed by atoms with Gasteiger partial charge in [-0.15, -0.1) is 0 Å². The lowest BCUT2D eigenvalue weighted by Crippen LogP contribution is -2.13. The molecule has 2 aromatic carbocycles. The third-order valence-corrected chi connectivity index (χ3v) is 4.71. The zero-order chi connectivity index (χ0) is 18.2. The molecule has 0 bridgehead atoms. The molecule has 0 saturated heterocycles. The first kappa shape index (κ1) is 17.1. The summed E-state index contributed by atoms with van der Waals surface area (Å²) in [5.74, 6) is 0.409. The van der Waals surface area contributed by atoms with Crippen LogP contribution in [0.2, 0.25) is 0 Å². The second-order valence-electron chi connectivity index (χ2n) is 6.36. The zero-order valence-corrected chi connectivity index (χ0v) is 15.6. The molecule has 6 heteroatoms. The first-order valence-corrected chi connectivity index (χ1v) is 8.53. The van der Waals surface area contributed by atoms with Gasteiger partial charge >= 0.3 is 0 Å². The largest absolute Gasteiger partial charge is 0.398 e. The fourth-order valence-electron chi connectivity index (χ4n) is 2.66. The van der Waals surface area contributed by atoms with E-state index in [9.17, 15) is 5.26 Å². The van der Waals surface area contributed by atoms with Crippen molar-refractivity contribution in [2.45, 2.75) is 19.3 Å². The van der Waals surface area contributed by atoms with Gasteiger partial charge in [0.2, 0.25) is 0 Å². The van der Waals surface area contributed by atoms with E-state index < -0.39 is 5.41 Å². The van der Waals surface area contributed by atoms with Crippen molar-refractivity contribution in [1.82, 2.24) is 9.55 Å².